The maximum atomic E-state index is 14.6. The number of benzene rings is 2. The molecule has 4 amide bonds. The van der Waals surface area contributed by atoms with E-state index in [1.807, 2.05) is 90.8 Å². The van der Waals surface area contributed by atoms with Crippen LogP contribution in [-0.4, -0.2) is 255 Å². The Balaban J connectivity index is 0.491. The summed E-state index contributed by atoms with van der Waals surface area (Å²) in [6.07, 6.45) is 21.1. The number of aliphatic hydroxyl groups is 1. The van der Waals surface area contributed by atoms with Gasteiger partial charge < -0.3 is 89.1 Å². The topological polar surface area (TPSA) is 441 Å². The molecule has 6 aliphatic rings. The van der Waals surface area contributed by atoms with Gasteiger partial charge in [-0.2, -0.15) is 10.1 Å². The molecule has 2 aromatic carbocycles. The van der Waals surface area contributed by atoms with Crippen LogP contribution in [0.1, 0.15) is 170 Å². The van der Waals surface area contributed by atoms with Gasteiger partial charge in [0.2, 0.25) is 23.6 Å². The molecule has 0 radical (unpaired) electrons. The van der Waals surface area contributed by atoms with Crippen LogP contribution in [-0.2, 0) is 92.7 Å². The van der Waals surface area contributed by atoms with Gasteiger partial charge in [0.15, 0.2) is 17.0 Å². The van der Waals surface area contributed by atoms with Gasteiger partial charge in [-0.1, -0.05) is 82.4 Å². The van der Waals surface area contributed by atoms with Crippen molar-refractivity contribution in [2.75, 3.05) is 121 Å². The lowest BCUT2D eigenvalue weighted by Crippen LogP contribution is -2.55. The fourth-order valence-corrected chi connectivity index (χ4v) is 18.0. The van der Waals surface area contributed by atoms with Crippen LogP contribution in [0.25, 0.3) is 33.4 Å². The SMILES string of the molecule is CO[C@H]1CC2CC[C@@H](C)C(O2)C(=O)C(=O)N2CCCC[C@H]2C(=O)O[C@H](CCC2CCC(OC(=O)NCc3cnc(N4CCN(c5ncc(C(=O)NCCOCCOCCOCCC(=O)N6CCc7cc(Cn8nc(-c9ccc%10oc(N)nc%10c9)c9c(N)ncnc98)ccc7C6)cn5)CC4)nc3)CC2)CC(=O)[C@H](C)/C=C(\C)[C@@H](O)[C@@H](OC)C(=O)[C@H](C)C[C@H](C)/C=C/C=CC=C1C. The third kappa shape index (κ3) is 25.7. The molecule has 4 fully saturated rings. The number of oxazole rings is 1. The summed E-state index contributed by atoms with van der Waals surface area (Å²) >= 11 is 0. The minimum Gasteiger partial charge on any atom is -0.460 e. The number of nitrogens with two attached hydrogens (primary N) is 2. The predicted molar refractivity (Wildman–Crippen MR) is 484 cm³/mol. The average molecular weight is 1790 g/mol. The monoisotopic (exact) mass is 1790 g/mol. The van der Waals surface area contributed by atoms with Crippen molar-refractivity contribution in [3.63, 3.8) is 0 Å². The molecule has 3 saturated heterocycles. The highest BCUT2D eigenvalue weighted by molar-refractivity contribution is 6.38. The van der Waals surface area contributed by atoms with Crippen molar-refractivity contribution in [1.29, 1.82) is 0 Å². The van der Waals surface area contributed by atoms with Gasteiger partial charge in [0.1, 0.15) is 65.7 Å². The second-order valence-corrected chi connectivity index (χ2v) is 35.1. The van der Waals surface area contributed by atoms with Crippen molar-refractivity contribution in [3.8, 4) is 11.3 Å². The van der Waals surface area contributed by atoms with E-state index in [4.69, 9.17) is 58.9 Å². The second kappa shape index (κ2) is 46.5. The van der Waals surface area contributed by atoms with Gasteiger partial charge in [0.25, 0.3) is 17.8 Å². The van der Waals surface area contributed by atoms with Crippen LogP contribution in [0.4, 0.5) is 28.5 Å². The Hall–Kier alpha value is -11.3. The molecular weight excluding hydrogens is 1670 g/mol. The van der Waals surface area contributed by atoms with Crippen molar-refractivity contribution >= 4 is 93.0 Å². The zero-order chi connectivity index (χ0) is 91.9. The maximum Gasteiger partial charge on any atom is 0.407 e. The summed E-state index contributed by atoms with van der Waals surface area (Å²) in [5.74, 6) is -3.00. The zero-order valence-corrected chi connectivity index (χ0v) is 75.8. The van der Waals surface area contributed by atoms with E-state index in [-0.39, 0.29) is 118 Å². The molecule has 11 atom stereocenters. The number of esters is 1. The minimum absolute atomic E-state index is 0.0109. The maximum absolute atomic E-state index is 14.6. The van der Waals surface area contributed by atoms with E-state index in [0.29, 0.717) is 218 Å². The van der Waals surface area contributed by atoms with Crippen molar-refractivity contribution in [1.82, 2.24) is 65.1 Å². The molecule has 2 bridgehead atoms. The molecular formula is C95H125N17O18. The van der Waals surface area contributed by atoms with Gasteiger partial charge in [-0.25, -0.2) is 44.2 Å². The Morgan fingerprint density at radius 2 is 1.42 bits per heavy atom. The number of amides is 4. The molecule has 698 valence electrons. The number of nitrogens with zero attached hydrogens (tertiary/aromatic N) is 13. The number of carbonyl (C=O) groups excluding carboxylic acids is 8. The Morgan fingerprint density at radius 3 is 2.15 bits per heavy atom. The van der Waals surface area contributed by atoms with Crippen LogP contribution >= 0.6 is 0 Å². The molecule has 7 aromatic rings. The molecule has 13 rings (SSSR count). The lowest BCUT2D eigenvalue weighted by Gasteiger charge is -2.38. The molecule has 1 aliphatic carbocycles. The van der Waals surface area contributed by atoms with Gasteiger partial charge in [-0.05, 0) is 161 Å². The minimum atomic E-state index is -1.34. The quantitative estimate of drug-likeness (QED) is 0.0146. The number of ketones is 3. The molecule has 2 unspecified atom stereocenters. The number of piperazine rings is 1. The van der Waals surface area contributed by atoms with Crippen molar-refractivity contribution in [2.45, 2.75) is 213 Å². The number of nitrogens with one attached hydrogen (secondary N) is 2. The number of alkyl carbamates (subject to hydrolysis) is 1. The Bertz CT molecular complexity index is 5180. The number of cyclic esters (lactones) is 1. The molecule has 7 N–H and O–H groups in total. The Morgan fingerprint density at radius 1 is 0.700 bits per heavy atom. The van der Waals surface area contributed by atoms with E-state index in [9.17, 15) is 43.5 Å². The molecule has 1 saturated carbocycles. The second-order valence-electron chi connectivity index (χ2n) is 35.1. The average Bonchev–Trinajstić information content (AvgIpc) is 1.60. The third-order valence-corrected chi connectivity index (χ3v) is 25.6. The summed E-state index contributed by atoms with van der Waals surface area (Å²) in [6.45, 7) is 17.4. The fourth-order valence-electron chi connectivity index (χ4n) is 18.0. The highest BCUT2D eigenvalue weighted by atomic mass is 16.6. The fraction of sp³-hybridized carbons (Fsp3) is 0.558. The summed E-state index contributed by atoms with van der Waals surface area (Å²) in [6, 6.07) is 10.8. The van der Waals surface area contributed by atoms with Crippen molar-refractivity contribution < 1.29 is 85.8 Å². The van der Waals surface area contributed by atoms with E-state index in [2.05, 4.69) is 62.6 Å². The molecule has 10 heterocycles. The van der Waals surface area contributed by atoms with Crippen LogP contribution in [0.2, 0.25) is 0 Å². The number of ether oxygens (including phenoxy) is 8. The van der Waals surface area contributed by atoms with Gasteiger partial charge >= 0.3 is 12.1 Å². The van der Waals surface area contributed by atoms with Crippen LogP contribution in [0.3, 0.4) is 0 Å². The highest BCUT2D eigenvalue weighted by Crippen LogP contribution is 2.37. The van der Waals surface area contributed by atoms with E-state index in [0.717, 1.165) is 22.3 Å². The van der Waals surface area contributed by atoms with E-state index >= 15 is 0 Å². The lowest BCUT2D eigenvalue weighted by atomic mass is 9.83. The van der Waals surface area contributed by atoms with Crippen molar-refractivity contribution in [2.24, 2.45) is 29.6 Å². The predicted octanol–water partition coefficient (Wildman–Crippen LogP) is 9.75. The number of rotatable bonds is 26. The van der Waals surface area contributed by atoms with Crippen molar-refractivity contribution in [3.05, 3.63) is 143 Å². The number of Topliss-reactive ketones (excluding diaryl/α,β-unsaturated/α-hetero) is 3. The third-order valence-electron chi connectivity index (χ3n) is 25.6. The van der Waals surface area contributed by atoms with Crippen LogP contribution in [0, 0.1) is 29.6 Å². The number of allylic oxidation sites excluding steroid dienone is 6. The molecule has 130 heavy (non-hydrogen) atoms. The first-order valence-corrected chi connectivity index (χ1v) is 45.7. The van der Waals surface area contributed by atoms with Gasteiger partial charge in [0.05, 0.1) is 75.8 Å². The number of carbonyl (C=O) groups is 8. The first kappa shape index (κ1) is 96.2. The normalized spacial score (nSPS) is 25.2. The standard InChI is InChI=1S/C95H125N17O18/c1-58-14-10-9-11-15-59(2)78(122-7)49-73-24-17-60(3)85(127-73)84(117)90(119)111-32-13-12-16-75(111)91(120)128-72(48-76(113)61(4)45-63(6)83(116)86(123-8)82(115)62(5)44-58)27-21-64-19-25-71(26-20-64)129-95(121)103-52-66-50-99-93(100-51-66)108-34-36-109(37-35-108)94-101-53-70(54-102-94)89(118)98-31-39-125-41-43-126-42-40-124-38-30-79(114)110-33-29-67-46-65(18-22-69(67)56-110)55-112-88-80(87(96)104-57-105-88)81(107-112)68-23-28-77-74(47-68)106-92(97)130-77/h9-11,14-15,18,22-23,28,45-47,50-51,53-54,57-58,60-62,64,71-73,75,78,83,85-86,116H,12-13,16-17,19-21,24-27,29-44,48-49,52,55-56H2,1-8H3,(H2,97,106)(H,98,118)(H,103,121)(H2,96,104,105)/b11-9?,14-10+,59-15?,63-45+/t58-,60-,61-,62-,64?,71?,72-,73?,75+,78+,83-,85?,86+/m1/s1. The zero-order valence-electron chi connectivity index (χ0n) is 75.8. The lowest BCUT2D eigenvalue weighted by molar-refractivity contribution is -0.169. The number of fused-ring (bicyclic) bond motifs is 6. The number of aromatic nitrogens is 9. The number of nitrogen functional groups attached to an aromatic ring is 2. The smallest absolute Gasteiger partial charge is 0.407 e. The first-order chi connectivity index (χ1) is 62.8. The van der Waals surface area contributed by atoms with E-state index < -0.39 is 66.0 Å². The summed E-state index contributed by atoms with van der Waals surface area (Å²) < 4.78 is 54.6. The largest absolute Gasteiger partial charge is 0.460 e. The van der Waals surface area contributed by atoms with Gasteiger partial charge in [-0.15, -0.1) is 0 Å². The molecule has 35 nitrogen and oxygen atoms in total. The van der Waals surface area contributed by atoms with Crippen LogP contribution in [0.15, 0.2) is 120 Å². The van der Waals surface area contributed by atoms with E-state index in [1.165, 1.54) is 36.3 Å². The summed E-state index contributed by atoms with van der Waals surface area (Å²) in [7, 11) is 3.01. The van der Waals surface area contributed by atoms with Gasteiger partial charge in [0, 0.05) is 134 Å². The number of anilines is 4. The molecule has 0 spiro atoms. The number of hydrogen-bond acceptors (Lipinski definition) is 30. The van der Waals surface area contributed by atoms with Gasteiger partial charge in [-0.3, -0.25) is 28.8 Å². The highest BCUT2D eigenvalue weighted by Gasteiger charge is 2.44. The molecule has 5 aromatic heterocycles. The first-order valence-electron chi connectivity index (χ1n) is 45.7. The number of piperidine rings is 1. The summed E-state index contributed by atoms with van der Waals surface area (Å²) in [4.78, 5) is 150. The Labute approximate surface area is 757 Å². The molecule has 35 heteroatoms. The van der Waals surface area contributed by atoms with E-state index in [1.54, 1.807) is 45.5 Å². The summed E-state index contributed by atoms with van der Waals surface area (Å²) in [5.41, 5.74) is 21.0. The number of hydrogen-bond donors (Lipinski definition) is 5. The number of methoxy groups -OCH3 is 2. The van der Waals surface area contributed by atoms with Crippen LogP contribution in [0.5, 0.6) is 0 Å². The Kier molecular flexibility index (Phi) is 34.4. The number of aliphatic hydroxyl groups excluding tert-OH is 1. The molecule has 5 aliphatic heterocycles. The van der Waals surface area contributed by atoms with Crippen LogP contribution < -0.4 is 31.9 Å². The summed E-state index contributed by atoms with van der Waals surface area (Å²) in [5, 5.41) is 22.9.